The van der Waals surface area contributed by atoms with Crippen LogP contribution in [0.5, 0.6) is 0 Å². The van der Waals surface area contributed by atoms with Gasteiger partial charge < -0.3 is 16.4 Å². The second-order valence-corrected chi connectivity index (χ2v) is 7.49. The van der Waals surface area contributed by atoms with E-state index >= 15 is 0 Å². The fourth-order valence-electron chi connectivity index (χ4n) is 3.64. The highest BCUT2D eigenvalue weighted by Gasteiger charge is 2.16. The molecule has 0 fully saturated rings. The summed E-state index contributed by atoms with van der Waals surface area (Å²) in [6.45, 7) is 3.43. The lowest BCUT2D eigenvalue weighted by Gasteiger charge is -2.09. The van der Waals surface area contributed by atoms with Gasteiger partial charge in [-0.3, -0.25) is 14.3 Å². The first kappa shape index (κ1) is 20.2. The average molecular weight is 413 g/mol. The van der Waals surface area contributed by atoms with Crippen molar-refractivity contribution in [2.75, 3.05) is 16.4 Å². The van der Waals surface area contributed by atoms with Gasteiger partial charge in [0.2, 0.25) is 5.91 Å². The second kappa shape index (κ2) is 7.95. The molecule has 0 aliphatic heterocycles. The van der Waals surface area contributed by atoms with Crippen molar-refractivity contribution < 1.29 is 9.59 Å². The minimum atomic E-state index is -0.245. The molecule has 0 radical (unpaired) electrons. The van der Waals surface area contributed by atoms with Gasteiger partial charge in [0, 0.05) is 47.5 Å². The number of hydrogen-bond acceptors (Lipinski definition) is 4. The van der Waals surface area contributed by atoms with Gasteiger partial charge in [-0.1, -0.05) is 12.1 Å². The highest BCUT2D eigenvalue weighted by atomic mass is 16.2. The first-order chi connectivity index (χ1) is 14.8. The van der Waals surface area contributed by atoms with Gasteiger partial charge in [-0.2, -0.15) is 5.10 Å². The number of aromatic nitrogens is 2. The summed E-state index contributed by atoms with van der Waals surface area (Å²) in [6.07, 6.45) is 0. The number of nitrogen functional groups attached to an aromatic ring is 1. The molecule has 0 saturated carbocycles. The molecule has 156 valence electrons. The third kappa shape index (κ3) is 4.11. The minimum absolute atomic E-state index is 0.170. The van der Waals surface area contributed by atoms with Crippen LogP contribution in [-0.4, -0.2) is 21.6 Å². The quantitative estimate of drug-likeness (QED) is 0.433. The number of nitrogens with zero attached hydrogens (tertiary/aromatic N) is 2. The Balaban J connectivity index is 1.69. The van der Waals surface area contributed by atoms with E-state index in [9.17, 15) is 9.59 Å². The number of rotatable bonds is 4. The summed E-state index contributed by atoms with van der Waals surface area (Å²) in [4.78, 5) is 24.2. The highest BCUT2D eigenvalue weighted by Crippen LogP contribution is 2.31. The third-order valence-electron chi connectivity index (χ3n) is 5.06. The second-order valence-electron chi connectivity index (χ2n) is 7.49. The summed E-state index contributed by atoms with van der Waals surface area (Å²) in [5.74, 6) is -0.415. The molecule has 1 heterocycles. The Labute approximate surface area is 179 Å². The molecule has 4 rings (SSSR count). The number of aryl methyl sites for hydroxylation is 2. The van der Waals surface area contributed by atoms with Crippen LogP contribution in [0.15, 0.2) is 60.7 Å². The van der Waals surface area contributed by atoms with Gasteiger partial charge in [-0.15, -0.1) is 0 Å². The molecule has 0 spiro atoms. The van der Waals surface area contributed by atoms with Crippen LogP contribution in [0.2, 0.25) is 0 Å². The molecule has 0 aliphatic carbocycles. The number of benzene rings is 3. The highest BCUT2D eigenvalue weighted by molar-refractivity contribution is 6.08. The number of hydrogen-bond donors (Lipinski definition) is 3. The smallest absolute Gasteiger partial charge is 0.255 e. The van der Waals surface area contributed by atoms with Gasteiger partial charge in [-0.05, 0) is 61.0 Å². The van der Waals surface area contributed by atoms with E-state index in [1.165, 1.54) is 6.92 Å². The molecular weight excluding hydrogens is 390 g/mol. The van der Waals surface area contributed by atoms with Crippen molar-refractivity contribution in [3.05, 3.63) is 71.8 Å². The topological polar surface area (TPSA) is 102 Å². The number of carbonyl (C=O) groups is 2. The van der Waals surface area contributed by atoms with Gasteiger partial charge in [0.25, 0.3) is 5.91 Å². The van der Waals surface area contributed by atoms with Gasteiger partial charge in [-0.25, -0.2) is 0 Å². The van der Waals surface area contributed by atoms with Crippen molar-refractivity contribution >= 4 is 39.8 Å². The van der Waals surface area contributed by atoms with Crippen molar-refractivity contribution in [3.8, 4) is 11.3 Å². The first-order valence-corrected chi connectivity index (χ1v) is 9.84. The Kier molecular flexibility index (Phi) is 5.17. The maximum absolute atomic E-state index is 12.9. The maximum Gasteiger partial charge on any atom is 0.255 e. The van der Waals surface area contributed by atoms with E-state index < -0.39 is 0 Å². The lowest BCUT2D eigenvalue weighted by atomic mass is 10.0. The van der Waals surface area contributed by atoms with Crippen LogP contribution in [0, 0.1) is 6.92 Å². The van der Waals surface area contributed by atoms with Crippen LogP contribution >= 0.6 is 0 Å². The van der Waals surface area contributed by atoms with E-state index in [1.54, 1.807) is 35.0 Å². The van der Waals surface area contributed by atoms with Crippen molar-refractivity contribution in [3.63, 3.8) is 0 Å². The van der Waals surface area contributed by atoms with Crippen LogP contribution in [0.1, 0.15) is 22.8 Å². The van der Waals surface area contributed by atoms with E-state index in [-0.39, 0.29) is 11.8 Å². The van der Waals surface area contributed by atoms with E-state index in [4.69, 9.17) is 5.73 Å². The maximum atomic E-state index is 12.9. The fraction of sp³-hybridized carbons (Fsp3) is 0.125. The Hall–Kier alpha value is -4.13. The largest absolute Gasteiger partial charge is 0.399 e. The van der Waals surface area contributed by atoms with Crippen molar-refractivity contribution in [2.24, 2.45) is 7.05 Å². The SMILES string of the molecule is CC(=O)Nc1cccc(NC(=O)c2ccc3c(c2)c(-c2ccc(N)cc2C)nn3C)c1. The zero-order valence-corrected chi connectivity index (χ0v) is 17.6. The molecule has 4 N–H and O–H groups in total. The van der Waals surface area contributed by atoms with Crippen LogP contribution in [0.3, 0.4) is 0 Å². The van der Waals surface area contributed by atoms with E-state index in [0.29, 0.717) is 22.6 Å². The van der Waals surface area contributed by atoms with Crippen molar-refractivity contribution in [1.29, 1.82) is 0 Å². The van der Waals surface area contributed by atoms with Crippen LogP contribution in [-0.2, 0) is 11.8 Å². The predicted octanol–water partition coefficient (Wildman–Crippen LogP) is 4.34. The minimum Gasteiger partial charge on any atom is -0.399 e. The molecule has 2 amide bonds. The number of nitrogens with two attached hydrogens (primary N) is 1. The molecular formula is C24H23N5O2. The zero-order valence-electron chi connectivity index (χ0n) is 17.6. The third-order valence-corrected chi connectivity index (χ3v) is 5.06. The van der Waals surface area contributed by atoms with E-state index in [0.717, 1.165) is 27.7 Å². The molecule has 4 aromatic rings. The Bertz CT molecular complexity index is 1320. The predicted molar refractivity (Wildman–Crippen MR) is 124 cm³/mol. The normalized spacial score (nSPS) is 10.8. The monoisotopic (exact) mass is 413 g/mol. The number of fused-ring (bicyclic) bond motifs is 1. The van der Waals surface area contributed by atoms with Crippen molar-refractivity contribution in [1.82, 2.24) is 9.78 Å². The number of carbonyl (C=O) groups excluding carboxylic acids is 2. The number of nitrogens with one attached hydrogen (secondary N) is 2. The van der Waals surface area contributed by atoms with E-state index in [1.807, 2.05) is 44.3 Å². The molecule has 7 nitrogen and oxygen atoms in total. The average Bonchev–Trinajstić information content (AvgIpc) is 3.03. The van der Waals surface area contributed by atoms with E-state index in [2.05, 4.69) is 15.7 Å². The Morgan fingerprint density at radius 1 is 0.968 bits per heavy atom. The van der Waals surface area contributed by atoms with Gasteiger partial charge in [0.1, 0.15) is 5.69 Å². The first-order valence-electron chi connectivity index (χ1n) is 9.84. The number of amides is 2. The summed E-state index contributed by atoms with van der Waals surface area (Å²) in [6, 6.07) is 18.2. The van der Waals surface area contributed by atoms with Crippen LogP contribution in [0.4, 0.5) is 17.1 Å². The number of anilines is 3. The van der Waals surface area contributed by atoms with Crippen molar-refractivity contribution in [2.45, 2.75) is 13.8 Å². The molecule has 1 aromatic heterocycles. The molecule has 0 aliphatic rings. The Morgan fingerprint density at radius 3 is 2.42 bits per heavy atom. The Morgan fingerprint density at radius 2 is 1.71 bits per heavy atom. The molecule has 0 saturated heterocycles. The lowest BCUT2D eigenvalue weighted by Crippen LogP contribution is -2.12. The zero-order chi connectivity index (χ0) is 22.1. The summed E-state index contributed by atoms with van der Waals surface area (Å²) < 4.78 is 1.80. The molecule has 7 heteroatoms. The van der Waals surface area contributed by atoms with Crippen LogP contribution < -0.4 is 16.4 Å². The molecule has 31 heavy (non-hydrogen) atoms. The fourth-order valence-corrected chi connectivity index (χ4v) is 3.64. The van der Waals surface area contributed by atoms with Gasteiger partial charge >= 0.3 is 0 Å². The summed E-state index contributed by atoms with van der Waals surface area (Å²) in [7, 11) is 1.88. The molecule has 0 atom stereocenters. The summed E-state index contributed by atoms with van der Waals surface area (Å²) >= 11 is 0. The molecule has 3 aromatic carbocycles. The summed E-state index contributed by atoms with van der Waals surface area (Å²) in [5.41, 5.74) is 12.0. The molecule has 0 bridgehead atoms. The lowest BCUT2D eigenvalue weighted by molar-refractivity contribution is -0.114. The van der Waals surface area contributed by atoms with Gasteiger partial charge in [0.05, 0.1) is 5.52 Å². The standard InChI is InChI=1S/C24H23N5O2/c1-14-11-17(25)8-9-20(14)23-21-12-16(7-10-22(21)29(3)28-23)24(31)27-19-6-4-5-18(13-19)26-15(2)30/h4-13H,25H2,1-3H3,(H,26,30)(H,27,31). The van der Waals surface area contributed by atoms with Gasteiger partial charge in [0.15, 0.2) is 0 Å². The molecule has 0 unspecified atom stereocenters. The van der Waals surface area contributed by atoms with Crippen LogP contribution in [0.25, 0.3) is 22.2 Å². The summed E-state index contributed by atoms with van der Waals surface area (Å²) in [5, 5.41) is 11.2.